The largest absolute Gasteiger partial charge is 0.492 e. The summed E-state index contributed by atoms with van der Waals surface area (Å²) >= 11 is 12.8. The maximum absolute atomic E-state index is 13.1. The number of para-hydroxylation sites is 2. The van der Waals surface area contributed by atoms with E-state index in [-0.39, 0.29) is 40.0 Å². The number of fused-ring (bicyclic) bond motifs is 5. The van der Waals surface area contributed by atoms with Crippen molar-refractivity contribution in [2.45, 2.75) is 24.1 Å². The third kappa shape index (κ3) is 4.12. The van der Waals surface area contributed by atoms with Gasteiger partial charge >= 0.3 is 5.97 Å². The van der Waals surface area contributed by atoms with Crippen LogP contribution >= 0.6 is 23.2 Å². The summed E-state index contributed by atoms with van der Waals surface area (Å²) < 4.78 is 10.6. The van der Waals surface area contributed by atoms with Gasteiger partial charge in [0.15, 0.2) is 6.61 Å². The maximum Gasteiger partial charge on any atom is 0.338 e. The highest BCUT2D eigenvalue weighted by Crippen LogP contribution is 2.59. The van der Waals surface area contributed by atoms with Crippen LogP contribution in [0.4, 0.5) is 11.4 Å². The van der Waals surface area contributed by atoms with Gasteiger partial charge in [-0.2, -0.15) is 0 Å². The molecule has 3 aliphatic rings. The number of nitrogens with zero attached hydrogens (tertiary/aromatic N) is 1. The Morgan fingerprint density at radius 3 is 2.19 bits per heavy atom. The summed E-state index contributed by atoms with van der Waals surface area (Å²) in [7, 11) is 0. The van der Waals surface area contributed by atoms with E-state index in [4.69, 9.17) is 32.7 Å². The first kappa shape index (κ1) is 24.6. The van der Waals surface area contributed by atoms with Crippen molar-refractivity contribution < 1.29 is 28.7 Å². The highest BCUT2D eigenvalue weighted by Gasteiger charge is 2.66. The van der Waals surface area contributed by atoms with E-state index < -0.39 is 30.3 Å². The van der Waals surface area contributed by atoms with Gasteiger partial charge in [-0.25, -0.2) is 4.79 Å². The Morgan fingerprint density at radius 2 is 1.58 bits per heavy atom. The fourth-order valence-corrected chi connectivity index (χ4v) is 6.49. The lowest BCUT2D eigenvalue weighted by molar-refractivity contribution is -0.123. The van der Waals surface area contributed by atoms with Crippen LogP contribution in [0.5, 0.6) is 5.75 Å². The number of anilines is 2. The van der Waals surface area contributed by atoms with Gasteiger partial charge in [0.25, 0.3) is 5.91 Å². The maximum atomic E-state index is 13.1. The van der Waals surface area contributed by atoms with Crippen molar-refractivity contribution in [3.05, 3.63) is 54.1 Å². The minimum absolute atomic E-state index is 0.105. The molecule has 0 aromatic heterocycles. The number of carbonyl (C=O) groups excluding carboxylic acids is 4. The van der Waals surface area contributed by atoms with Gasteiger partial charge in [-0.3, -0.25) is 19.3 Å². The Bertz CT molecular complexity index is 1190. The summed E-state index contributed by atoms with van der Waals surface area (Å²) in [5, 5.41) is 2.01. The zero-order chi connectivity index (χ0) is 25.6. The van der Waals surface area contributed by atoms with Crippen molar-refractivity contribution in [3.8, 4) is 5.75 Å². The molecule has 10 heteroatoms. The number of rotatable bonds is 7. The number of ether oxygens (including phenoxy) is 2. The lowest BCUT2D eigenvalue weighted by Gasteiger charge is -2.28. The van der Waals surface area contributed by atoms with Gasteiger partial charge in [0.1, 0.15) is 5.75 Å². The van der Waals surface area contributed by atoms with Gasteiger partial charge in [0.05, 0.1) is 46.1 Å². The molecule has 2 aromatic carbocycles. The van der Waals surface area contributed by atoms with Crippen LogP contribution in [-0.4, -0.2) is 47.7 Å². The van der Waals surface area contributed by atoms with E-state index in [0.717, 1.165) is 0 Å². The molecule has 1 N–H and O–H groups in total. The molecule has 2 bridgehead atoms. The molecule has 5 rings (SSSR count). The normalized spacial score (nSPS) is 28.2. The third-order valence-corrected chi connectivity index (χ3v) is 8.46. The molecule has 3 amide bonds. The first-order chi connectivity index (χ1) is 17.3. The van der Waals surface area contributed by atoms with Crippen molar-refractivity contribution in [1.29, 1.82) is 0 Å². The molecule has 1 heterocycles. The molecular formula is C26H24Cl2N2O6. The second-order valence-electron chi connectivity index (χ2n) is 9.12. The fraction of sp³-hybridized carbons (Fsp3) is 0.385. The van der Waals surface area contributed by atoms with Crippen LogP contribution in [0.25, 0.3) is 0 Å². The summed E-state index contributed by atoms with van der Waals surface area (Å²) in [5.74, 6) is -2.36. The van der Waals surface area contributed by atoms with Crippen LogP contribution < -0.4 is 15.0 Å². The molecular weight excluding hydrogens is 507 g/mol. The number of alkyl halides is 2. The van der Waals surface area contributed by atoms with Gasteiger partial charge in [-0.05, 0) is 61.6 Å². The van der Waals surface area contributed by atoms with Crippen molar-refractivity contribution in [1.82, 2.24) is 0 Å². The summed E-state index contributed by atoms with van der Waals surface area (Å²) in [4.78, 5) is 52.1. The Hall–Kier alpha value is -3.10. The number of nitrogens with one attached hydrogen (secondary N) is 1. The number of amides is 3. The highest BCUT2D eigenvalue weighted by molar-refractivity contribution is 6.32. The number of carbonyl (C=O) groups is 4. The van der Waals surface area contributed by atoms with Gasteiger partial charge in [0.2, 0.25) is 11.8 Å². The fourth-order valence-electron chi connectivity index (χ4n) is 5.60. The second-order valence-corrected chi connectivity index (χ2v) is 10.1. The van der Waals surface area contributed by atoms with E-state index in [2.05, 4.69) is 5.32 Å². The quantitative estimate of drug-likeness (QED) is 0.331. The Kier molecular flexibility index (Phi) is 6.66. The van der Waals surface area contributed by atoms with E-state index in [9.17, 15) is 19.2 Å². The molecule has 0 radical (unpaired) electrons. The van der Waals surface area contributed by atoms with E-state index in [1.807, 2.05) is 6.92 Å². The second kappa shape index (κ2) is 9.75. The molecule has 0 spiro atoms. The average molecular weight is 531 g/mol. The SMILES string of the molecule is CCOc1ccccc1NC(=O)COC(=O)c1ccc(N2C(=O)[C@@H]3[C@H]4C[C@@H]([C@H](Cl)[C@H]4Cl)[C@@H]3C2=O)cc1. The average Bonchev–Trinajstić information content (AvgIpc) is 3.49. The molecule has 1 saturated heterocycles. The van der Waals surface area contributed by atoms with Crippen LogP contribution in [0.15, 0.2) is 48.5 Å². The zero-order valence-corrected chi connectivity index (χ0v) is 20.9. The Balaban J connectivity index is 1.20. The summed E-state index contributed by atoms with van der Waals surface area (Å²) in [6, 6.07) is 12.9. The summed E-state index contributed by atoms with van der Waals surface area (Å²) in [6.45, 7) is 1.78. The first-order valence-corrected chi connectivity index (χ1v) is 12.6. The predicted octanol–water partition coefficient (Wildman–Crippen LogP) is 3.85. The number of hydrogen-bond donors (Lipinski definition) is 1. The predicted molar refractivity (Wildman–Crippen MR) is 133 cm³/mol. The minimum atomic E-state index is -0.709. The van der Waals surface area contributed by atoms with Gasteiger partial charge in [-0.1, -0.05) is 12.1 Å². The number of halogens is 2. The molecule has 2 aliphatic carbocycles. The standard InChI is InChI=1S/C26H24Cl2N2O6/c1-2-35-18-6-4-3-5-17(18)29-19(31)12-36-26(34)13-7-9-14(10-8-13)30-24(32)20-15-11-16(21(20)25(30)33)23(28)22(15)27/h3-10,15-16,20-23H,2,11-12H2,1H3,(H,29,31)/t15-,16-,20-,21+,22+,23+/m1/s1. The third-order valence-electron chi connectivity index (χ3n) is 7.14. The van der Waals surface area contributed by atoms with Crippen molar-refractivity contribution in [2.24, 2.45) is 23.7 Å². The van der Waals surface area contributed by atoms with Crippen molar-refractivity contribution >= 4 is 58.3 Å². The van der Waals surface area contributed by atoms with E-state index in [1.54, 1.807) is 24.3 Å². The number of hydrogen-bond acceptors (Lipinski definition) is 6. The van der Waals surface area contributed by atoms with Crippen molar-refractivity contribution in [3.63, 3.8) is 0 Å². The molecule has 1 aliphatic heterocycles. The molecule has 2 saturated carbocycles. The molecule has 8 nitrogen and oxygen atoms in total. The molecule has 188 valence electrons. The molecule has 6 atom stereocenters. The number of imide groups is 1. The highest BCUT2D eigenvalue weighted by atomic mass is 35.5. The molecule has 0 unspecified atom stereocenters. The Morgan fingerprint density at radius 1 is 0.972 bits per heavy atom. The Labute approximate surface area is 217 Å². The lowest BCUT2D eigenvalue weighted by atomic mass is 9.80. The topological polar surface area (TPSA) is 102 Å². The van der Waals surface area contributed by atoms with Crippen LogP contribution in [0.3, 0.4) is 0 Å². The minimum Gasteiger partial charge on any atom is -0.492 e. The number of esters is 1. The van der Waals surface area contributed by atoms with E-state index in [0.29, 0.717) is 30.2 Å². The van der Waals surface area contributed by atoms with E-state index >= 15 is 0 Å². The van der Waals surface area contributed by atoms with E-state index in [1.165, 1.54) is 29.2 Å². The van der Waals surface area contributed by atoms with Gasteiger partial charge in [-0.15, -0.1) is 23.2 Å². The first-order valence-electron chi connectivity index (χ1n) is 11.8. The van der Waals surface area contributed by atoms with Crippen molar-refractivity contribution in [2.75, 3.05) is 23.4 Å². The van der Waals surface area contributed by atoms with Crippen LogP contribution in [0, 0.1) is 23.7 Å². The molecule has 2 aromatic rings. The van der Waals surface area contributed by atoms with Gasteiger partial charge in [0, 0.05) is 0 Å². The smallest absolute Gasteiger partial charge is 0.338 e. The summed E-state index contributed by atoms with van der Waals surface area (Å²) in [5.41, 5.74) is 1.03. The van der Waals surface area contributed by atoms with Crippen LogP contribution in [-0.2, 0) is 19.1 Å². The number of benzene rings is 2. The lowest BCUT2D eigenvalue weighted by Crippen LogP contribution is -2.37. The van der Waals surface area contributed by atoms with Gasteiger partial charge < -0.3 is 14.8 Å². The monoisotopic (exact) mass is 530 g/mol. The zero-order valence-electron chi connectivity index (χ0n) is 19.4. The summed E-state index contributed by atoms with van der Waals surface area (Å²) in [6.07, 6.45) is 0.693. The molecule has 36 heavy (non-hydrogen) atoms. The van der Waals surface area contributed by atoms with Crippen LogP contribution in [0.2, 0.25) is 0 Å². The molecule has 3 fully saturated rings. The van der Waals surface area contributed by atoms with Crippen LogP contribution in [0.1, 0.15) is 23.7 Å².